The van der Waals surface area contributed by atoms with Crippen LogP contribution in [0.25, 0.3) is 0 Å². The third-order valence-corrected chi connectivity index (χ3v) is 2.01. The van der Waals surface area contributed by atoms with Crippen molar-refractivity contribution < 1.29 is 5.11 Å². The number of nitrogens with two attached hydrogens (primary N) is 1. The Kier molecular flexibility index (Phi) is 2.72. The second-order valence-electron chi connectivity index (χ2n) is 3.41. The van der Waals surface area contributed by atoms with Crippen LogP contribution in [-0.2, 0) is 0 Å². The second kappa shape index (κ2) is 3.62. The van der Waals surface area contributed by atoms with Gasteiger partial charge in [-0.3, -0.25) is 4.79 Å². The molecule has 0 radical (unpaired) electrons. The maximum Gasteiger partial charge on any atom is 0.251 e. The number of hydrogen-bond donors (Lipinski definition) is 3. The zero-order valence-corrected chi connectivity index (χ0v) is 7.74. The van der Waals surface area contributed by atoms with Crippen LogP contribution in [0.5, 0.6) is 5.75 Å². The Morgan fingerprint density at radius 3 is 2.62 bits per heavy atom. The lowest BCUT2D eigenvalue weighted by Gasteiger charge is -2.16. The molecular weight excluding hydrogens is 168 g/mol. The van der Waals surface area contributed by atoms with E-state index in [9.17, 15) is 9.90 Å². The first-order valence-corrected chi connectivity index (χ1v) is 4.19. The molecule has 0 bridgehead atoms. The first kappa shape index (κ1) is 9.80. The zero-order chi connectivity index (χ0) is 10.0. The van der Waals surface area contributed by atoms with Gasteiger partial charge in [0.1, 0.15) is 5.75 Å². The van der Waals surface area contributed by atoms with Crippen molar-refractivity contribution in [3.05, 3.63) is 28.2 Å². The summed E-state index contributed by atoms with van der Waals surface area (Å²) in [6, 6.07) is 0.884. The summed E-state index contributed by atoms with van der Waals surface area (Å²) in [7, 11) is 0. The van der Waals surface area contributed by atoms with Gasteiger partial charge in [-0.05, 0) is 5.92 Å². The van der Waals surface area contributed by atoms with Crippen LogP contribution in [0.15, 0.2) is 17.1 Å². The van der Waals surface area contributed by atoms with Crippen LogP contribution in [0.2, 0.25) is 0 Å². The van der Waals surface area contributed by atoms with Crippen LogP contribution in [0.4, 0.5) is 0 Å². The molecule has 0 aliphatic heterocycles. The Morgan fingerprint density at radius 1 is 1.54 bits per heavy atom. The van der Waals surface area contributed by atoms with E-state index < -0.39 is 0 Å². The van der Waals surface area contributed by atoms with E-state index in [2.05, 4.69) is 4.98 Å². The van der Waals surface area contributed by atoms with Crippen molar-refractivity contribution >= 4 is 0 Å². The number of rotatable bonds is 2. The van der Waals surface area contributed by atoms with Crippen LogP contribution in [0.3, 0.4) is 0 Å². The van der Waals surface area contributed by atoms with Crippen molar-refractivity contribution in [1.29, 1.82) is 0 Å². The van der Waals surface area contributed by atoms with Crippen LogP contribution >= 0.6 is 0 Å². The molecular formula is C9H14N2O2. The van der Waals surface area contributed by atoms with Crippen molar-refractivity contribution in [2.75, 3.05) is 0 Å². The monoisotopic (exact) mass is 182 g/mol. The second-order valence-corrected chi connectivity index (χ2v) is 3.41. The minimum Gasteiger partial charge on any atom is -0.507 e. The van der Waals surface area contributed by atoms with Gasteiger partial charge in [-0.1, -0.05) is 13.8 Å². The van der Waals surface area contributed by atoms with Gasteiger partial charge in [0, 0.05) is 23.9 Å². The van der Waals surface area contributed by atoms with Gasteiger partial charge in [-0.15, -0.1) is 0 Å². The lowest BCUT2D eigenvalue weighted by Crippen LogP contribution is -2.18. The Balaban J connectivity index is 3.08. The normalized spacial score (nSPS) is 13.2. The Hall–Kier alpha value is -1.29. The lowest BCUT2D eigenvalue weighted by molar-refractivity contribution is 0.437. The maximum atomic E-state index is 10.8. The maximum absolute atomic E-state index is 10.8. The highest BCUT2D eigenvalue weighted by Crippen LogP contribution is 2.24. The van der Waals surface area contributed by atoms with Gasteiger partial charge < -0.3 is 15.8 Å². The molecule has 1 heterocycles. The molecule has 1 atom stereocenters. The quantitative estimate of drug-likeness (QED) is 0.631. The Bertz CT molecular complexity index is 344. The summed E-state index contributed by atoms with van der Waals surface area (Å²) < 4.78 is 0. The summed E-state index contributed by atoms with van der Waals surface area (Å²) >= 11 is 0. The third kappa shape index (κ3) is 2.09. The van der Waals surface area contributed by atoms with Gasteiger partial charge in [0.25, 0.3) is 5.56 Å². The van der Waals surface area contributed by atoms with Crippen molar-refractivity contribution in [2.24, 2.45) is 11.7 Å². The van der Waals surface area contributed by atoms with Crippen molar-refractivity contribution in [3.8, 4) is 5.75 Å². The van der Waals surface area contributed by atoms with E-state index in [0.29, 0.717) is 5.56 Å². The first-order valence-electron chi connectivity index (χ1n) is 4.19. The standard InChI is InChI=1S/C9H14N2O2/c1-5(2)9(10)6-4-11-8(13)3-7(6)12/h3-5,9H,10H2,1-2H3,(H2,11,12,13). The molecule has 0 saturated carbocycles. The number of aromatic amines is 1. The summed E-state index contributed by atoms with van der Waals surface area (Å²) in [6.45, 7) is 3.91. The molecule has 1 aromatic heterocycles. The molecule has 0 fully saturated rings. The van der Waals surface area contributed by atoms with Gasteiger partial charge in [-0.2, -0.15) is 0 Å². The van der Waals surface area contributed by atoms with E-state index in [4.69, 9.17) is 5.73 Å². The van der Waals surface area contributed by atoms with Crippen molar-refractivity contribution in [2.45, 2.75) is 19.9 Å². The number of pyridine rings is 1. The van der Waals surface area contributed by atoms with Crippen LogP contribution < -0.4 is 11.3 Å². The smallest absolute Gasteiger partial charge is 0.251 e. The van der Waals surface area contributed by atoms with E-state index in [-0.39, 0.29) is 23.3 Å². The SMILES string of the molecule is CC(C)C(N)c1c[nH]c(=O)cc1O. The van der Waals surface area contributed by atoms with Crippen LogP contribution in [0.1, 0.15) is 25.5 Å². The highest BCUT2D eigenvalue weighted by Gasteiger charge is 2.14. The van der Waals surface area contributed by atoms with Gasteiger partial charge >= 0.3 is 0 Å². The molecule has 1 rings (SSSR count). The molecule has 72 valence electrons. The van der Waals surface area contributed by atoms with Crippen LogP contribution in [-0.4, -0.2) is 10.1 Å². The van der Waals surface area contributed by atoms with E-state index in [1.54, 1.807) is 0 Å². The molecule has 0 aliphatic carbocycles. The van der Waals surface area contributed by atoms with Gasteiger partial charge in [0.15, 0.2) is 0 Å². The van der Waals surface area contributed by atoms with Crippen molar-refractivity contribution in [1.82, 2.24) is 4.98 Å². The Labute approximate surface area is 76.4 Å². The molecule has 0 spiro atoms. The predicted molar refractivity (Wildman–Crippen MR) is 50.5 cm³/mol. The molecule has 4 N–H and O–H groups in total. The van der Waals surface area contributed by atoms with Gasteiger partial charge in [0.2, 0.25) is 0 Å². The highest BCUT2D eigenvalue weighted by molar-refractivity contribution is 5.31. The fraction of sp³-hybridized carbons (Fsp3) is 0.444. The number of aromatic hydroxyl groups is 1. The minimum atomic E-state index is -0.322. The molecule has 13 heavy (non-hydrogen) atoms. The van der Waals surface area contributed by atoms with Gasteiger partial charge in [0.05, 0.1) is 0 Å². The molecule has 0 saturated heterocycles. The van der Waals surface area contributed by atoms with E-state index >= 15 is 0 Å². The number of nitrogens with one attached hydrogen (secondary N) is 1. The largest absolute Gasteiger partial charge is 0.507 e. The van der Waals surface area contributed by atoms with E-state index in [0.717, 1.165) is 6.07 Å². The molecule has 1 aromatic rings. The number of H-pyrrole nitrogens is 1. The zero-order valence-electron chi connectivity index (χ0n) is 7.74. The summed E-state index contributed by atoms with van der Waals surface area (Å²) in [5.74, 6) is 0.182. The lowest BCUT2D eigenvalue weighted by atomic mass is 9.98. The molecule has 0 amide bonds. The van der Waals surface area contributed by atoms with Crippen LogP contribution in [0, 0.1) is 5.92 Å². The summed E-state index contributed by atoms with van der Waals surface area (Å²) in [6.07, 6.45) is 1.46. The summed E-state index contributed by atoms with van der Waals surface area (Å²) in [4.78, 5) is 13.3. The fourth-order valence-corrected chi connectivity index (χ4v) is 1.10. The van der Waals surface area contributed by atoms with Gasteiger partial charge in [-0.25, -0.2) is 0 Å². The fourth-order valence-electron chi connectivity index (χ4n) is 1.10. The molecule has 0 aliphatic rings. The number of hydrogen-bond acceptors (Lipinski definition) is 3. The Morgan fingerprint density at radius 2 is 2.15 bits per heavy atom. The topological polar surface area (TPSA) is 79.1 Å². The first-order chi connectivity index (χ1) is 6.02. The molecule has 4 nitrogen and oxygen atoms in total. The van der Waals surface area contributed by atoms with Crippen molar-refractivity contribution in [3.63, 3.8) is 0 Å². The number of aromatic nitrogens is 1. The highest BCUT2D eigenvalue weighted by atomic mass is 16.3. The molecule has 1 unspecified atom stereocenters. The molecule has 4 heteroatoms. The summed E-state index contributed by atoms with van der Waals surface area (Å²) in [5, 5.41) is 9.41. The summed E-state index contributed by atoms with van der Waals surface area (Å²) in [5.41, 5.74) is 6.06. The molecule has 0 aromatic carbocycles. The van der Waals surface area contributed by atoms with E-state index in [1.807, 2.05) is 13.8 Å². The van der Waals surface area contributed by atoms with E-state index in [1.165, 1.54) is 6.20 Å². The third-order valence-electron chi connectivity index (χ3n) is 2.01. The average Bonchev–Trinajstić information content (AvgIpc) is 2.03. The predicted octanol–water partition coefficient (Wildman–Crippen LogP) is 0.736. The minimum absolute atomic E-state index is 0.0371. The average molecular weight is 182 g/mol.